The highest BCUT2D eigenvalue weighted by molar-refractivity contribution is 7.21. The van der Waals surface area contributed by atoms with Gasteiger partial charge in [-0.2, -0.15) is 0 Å². The third-order valence-corrected chi connectivity index (χ3v) is 4.97. The van der Waals surface area contributed by atoms with Gasteiger partial charge in [0.1, 0.15) is 11.4 Å². The quantitative estimate of drug-likeness (QED) is 0.881. The highest BCUT2D eigenvalue weighted by atomic mass is 32.1. The first-order valence-electron chi connectivity index (χ1n) is 7.03. The van der Waals surface area contributed by atoms with Gasteiger partial charge >= 0.3 is 5.97 Å². The molecule has 22 heavy (non-hydrogen) atoms. The SMILES string of the molecule is CCCC(C)(NC(=O)c1sc2cc(F)ccc2c1C)C(=O)O. The first-order valence-corrected chi connectivity index (χ1v) is 7.84. The zero-order valence-electron chi connectivity index (χ0n) is 12.7. The second-order valence-corrected chi connectivity index (χ2v) is 6.59. The van der Waals surface area contributed by atoms with Gasteiger partial charge in [-0.1, -0.05) is 19.4 Å². The molecule has 0 aliphatic heterocycles. The molecule has 1 aromatic heterocycles. The summed E-state index contributed by atoms with van der Waals surface area (Å²) in [6.45, 7) is 5.14. The maximum atomic E-state index is 13.3. The Morgan fingerprint density at radius 2 is 2.09 bits per heavy atom. The molecule has 1 unspecified atom stereocenters. The van der Waals surface area contributed by atoms with E-state index in [4.69, 9.17) is 0 Å². The van der Waals surface area contributed by atoms with Gasteiger partial charge in [0.15, 0.2) is 0 Å². The van der Waals surface area contributed by atoms with E-state index in [0.29, 0.717) is 22.4 Å². The number of nitrogens with one attached hydrogen (secondary N) is 1. The van der Waals surface area contributed by atoms with Crippen molar-refractivity contribution in [2.75, 3.05) is 0 Å². The van der Waals surface area contributed by atoms with E-state index in [2.05, 4.69) is 5.32 Å². The highest BCUT2D eigenvalue weighted by Gasteiger charge is 2.34. The molecule has 0 aliphatic carbocycles. The number of carbonyl (C=O) groups is 2. The molecule has 0 aliphatic rings. The van der Waals surface area contributed by atoms with Crippen LogP contribution in [0.25, 0.3) is 10.1 Å². The van der Waals surface area contributed by atoms with Gasteiger partial charge in [0, 0.05) is 4.70 Å². The summed E-state index contributed by atoms with van der Waals surface area (Å²) in [6, 6.07) is 4.37. The fraction of sp³-hybridized carbons (Fsp3) is 0.375. The summed E-state index contributed by atoms with van der Waals surface area (Å²) < 4.78 is 14.0. The molecule has 1 amide bonds. The monoisotopic (exact) mass is 323 g/mol. The molecule has 0 radical (unpaired) electrons. The third-order valence-electron chi connectivity index (χ3n) is 3.72. The number of benzene rings is 1. The van der Waals surface area contributed by atoms with E-state index in [9.17, 15) is 19.1 Å². The second kappa shape index (κ2) is 6.04. The molecule has 1 atom stereocenters. The summed E-state index contributed by atoms with van der Waals surface area (Å²) in [6.07, 6.45) is 0.979. The highest BCUT2D eigenvalue weighted by Crippen LogP contribution is 2.31. The predicted molar refractivity (Wildman–Crippen MR) is 84.9 cm³/mol. The van der Waals surface area contributed by atoms with E-state index >= 15 is 0 Å². The minimum absolute atomic E-state index is 0.340. The summed E-state index contributed by atoms with van der Waals surface area (Å²) in [5.74, 6) is -1.85. The maximum absolute atomic E-state index is 13.3. The van der Waals surface area contributed by atoms with Gasteiger partial charge < -0.3 is 10.4 Å². The first kappa shape index (κ1) is 16.4. The summed E-state index contributed by atoms with van der Waals surface area (Å²) in [5.41, 5.74) is -0.568. The lowest BCUT2D eigenvalue weighted by molar-refractivity contribution is -0.144. The standard InChI is InChI=1S/C16H18FNO3S/c1-4-7-16(3,15(20)21)18-14(19)13-9(2)11-6-5-10(17)8-12(11)22-13/h5-6,8H,4,7H2,1-3H3,(H,18,19)(H,20,21). The van der Waals surface area contributed by atoms with Crippen molar-refractivity contribution in [2.24, 2.45) is 0 Å². The molecule has 0 spiro atoms. The van der Waals surface area contributed by atoms with E-state index in [1.165, 1.54) is 30.4 Å². The Morgan fingerprint density at radius 3 is 2.68 bits per heavy atom. The first-order chi connectivity index (χ1) is 10.3. The van der Waals surface area contributed by atoms with E-state index in [1.807, 2.05) is 6.92 Å². The third kappa shape index (κ3) is 2.97. The van der Waals surface area contributed by atoms with Crippen LogP contribution < -0.4 is 5.32 Å². The smallest absolute Gasteiger partial charge is 0.329 e. The Bertz CT molecular complexity index is 740. The fourth-order valence-electron chi connectivity index (χ4n) is 2.45. The number of carboxylic acid groups (broad SMARTS) is 1. The number of halogens is 1. The average molecular weight is 323 g/mol. The van der Waals surface area contributed by atoms with Crippen molar-refractivity contribution >= 4 is 33.3 Å². The lowest BCUT2D eigenvalue weighted by Crippen LogP contribution is -2.52. The van der Waals surface area contributed by atoms with Crippen LogP contribution in [0.4, 0.5) is 4.39 Å². The Labute approximate surface area is 132 Å². The van der Waals surface area contributed by atoms with Crippen molar-refractivity contribution in [3.8, 4) is 0 Å². The lowest BCUT2D eigenvalue weighted by atomic mass is 9.96. The molecule has 6 heteroatoms. The molecule has 1 heterocycles. The summed E-state index contributed by atoms with van der Waals surface area (Å²) in [5, 5.41) is 12.8. The molecule has 118 valence electrons. The number of thiophene rings is 1. The van der Waals surface area contributed by atoms with Crippen molar-refractivity contribution in [3.05, 3.63) is 34.5 Å². The topological polar surface area (TPSA) is 66.4 Å². The number of fused-ring (bicyclic) bond motifs is 1. The molecule has 4 nitrogen and oxygen atoms in total. The molecule has 2 N–H and O–H groups in total. The van der Waals surface area contributed by atoms with Crippen LogP contribution in [0.2, 0.25) is 0 Å². The van der Waals surface area contributed by atoms with Crippen LogP contribution >= 0.6 is 11.3 Å². The number of aryl methyl sites for hydroxylation is 1. The maximum Gasteiger partial charge on any atom is 0.329 e. The van der Waals surface area contributed by atoms with Gasteiger partial charge in [-0.05, 0) is 43.4 Å². The molecular formula is C16H18FNO3S. The lowest BCUT2D eigenvalue weighted by Gasteiger charge is -2.25. The van der Waals surface area contributed by atoms with E-state index < -0.39 is 17.4 Å². The molecule has 1 aromatic carbocycles. The van der Waals surface area contributed by atoms with Crippen LogP contribution in [0.5, 0.6) is 0 Å². The van der Waals surface area contributed by atoms with Crippen LogP contribution in [-0.4, -0.2) is 22.5 Å². The van der Waals surface area contributed by atoms with Crippen LogP contribution in [0.1, 0.15) is 41.9 Å². The number of hydrogen-bond acceptors (Lipinski definition) is 3. The van der Waals surface area contributed by atoms with E-state index in [1.54, 1.807) is 13.0 Å². The summed E-state index contributed by atoms with van der Waals surface area (Å²) in [7, 11) is 0. The Hall–Kier alpha value is -1.95. The van der Waals surface area contributed by atoms with Gasteiger partial charge in [-0.15, -0.1) is 11.3 Å². The van der Waals surface area contributed by atoms with Gasteiger partial charge in [-0.25, -0.2) is 9.18 Å². The van der Waals surface area contributed by atoms with Crippen molar-refractivity contribution < 1.29 is 19.1 Å². The van der Waals surface area contributed by atoms with Crippen molar-refractivity contribution in [1.82, 2.24) is 5.32 Å². The molecule has 0 fully saturated rings. The number of carboxylic acids is 1. The molecule has 0 saturated heterocycles. The molecule has 2 aromatic rings. The van der Waals surface area contributed by atoms with Crippen LogP contribution in [0.15, 0.2) is 18.2 Å². The molecular weight excluding hydrogens is 305 g/mol. The summed E-state index contributed by atoms with van der Waals surface area (Å²) >= 11 is 1.17. The second-order valence-electron chi connectivity index (χ2n) is 5.54. The normalized spacial score (nSPS) is 13.8. The van der Waals surface area contributed by atoms with E-state index in [0.717, 1.165) is 10.9 Å². The number of hydrogen-bond donors (Lipinski definition) is 2. The Kier molecular flexibility index (Phi) is 4.51. The van der Waals surface area contributed by atoms with Crippen LogP contribution in [-0.2, 0) is 4.79 Å². The Morgan fingerprint density at radius 1 is 1.41 bits per heavy atom. The Balaban J connectivity index is 2.37. The molecule has 0 bridgehead atoms. The zero-order valence-corrected chi connectivity index (χ0v) is 13.5. The van der Waals surface area contributed by atoms with Gasteiger partial charge in [0.2, 0.25) is 0 Å². The summed E-state index contributed by atoms with van der Waals surface area (Å²) in [4.78, 5) is 24.3. The molecule has 2 rings (SSSR count). The van der Waals surface area contributed by atoms with Crippen molar-refractivity contribution in [2.45, 2.75) is 39.2 Å². The van der Waals surface area contributed by atoms with Crippen molar-refractivity contribution in [3.63, 3.8) is 0 Å². The molecule has 0 saturated carbocycles. The average Bonchev–Trinajstić information content (AvgIpc) is 2.75. The largest absolute Gasteiger partial charge is 0.480 e. The number of rotatable bonds is 5. The fourth-order valence-corrected chi connectivity index (χ4v) is 3.58. The predicted octanol–water partition coefficient (Wildman–Crippen LogP) is 3.72. The van der Waals surface area contributed by atoms with Gasteiger partial charge in [0.05, 0.1) is 4.88 Å². The minimum Gasteiger partial charge on any atom is -0.480 e. The van der Waals surface area contributed by atoms with Gasteiger partial charge in [0.25, 0.3) is 5.91 Å². The number of amides is 1. The van der Waals surface area contributed by atoms with Crippen molar-refractivity contribution in [1.29, 1.82) is 0 Å². The zero-order chi connectivity index (χ0) is 16.5. The minimum atomic E-state index is -1.31. The van der Waals surface area contributed by atoms with E-state index in [-0.39, 0.29) is 5.82 Å². The number of aliphatic carboxylic acids is 1. The van der Waals surface area contributed by atoms with Gasteiger partial charge in [-0.3, -0.25) is 4.79 Å². The van der Waals surface area contributed by atoms with Crippen LogP contribution in [0, 0.1) is 12.7 Å². The number of carbonyl (C=O) groups excluding carboxylic acids is 1. The van der Waals surface area contributed by atoms with Crippen LogP contribution in [0.3, 0.4) is 0 Å².